The zero-order valence-corrected chi connectivity index (χ0v) is 16.4. The van der Waals surface area contributed by atoms with Crippen LogP contribution in [0.4, 0.5) is 0 Å². The van der Waals surface area contributed by atoms with Gasteiger partial charge in [0.1, 0.15) is 0 Å². The second-order valence-corrected chi connectivity index (χ2v) is 10.3. The van der Waals surface area contributed by atoms with Gasteiger partial charge in [-0.3, -0.25) is 4.79 Å². The number of fused-ring (bicyclic) bond motifs is 1. The maximum atomic E-state index is 12.3. The summed E-state index contributed by atoms with van der Waals surface area (Å²) in [5, 5.41) is 0.648. The minimum Gasteiger partial charge on any atom is -0.342 e. The molecule has 0 spiro atoms. The van der Waals surface area contributed by atoms with Crippen LogP contribution in [-0.4, -0.2) is 47.2 Å². The molecule has 2 fully saturated rings. The van der Waals surface area contributed by atoms with Crippen LogP contribution in [0.5, 0.6) is 0 Å². The number of carbonyl (C=O) groups is 1. The van der Waals surface area contributed by atoms with Crippen molar-refractivity contribution in [1.29, 1.82) is 0 Å². The Labute approximate surface area is 153 Å². The minimum absolute atomic E-state index is 0.0288. The highest BCUT2D eigenvalue weighted by atomic mass is 32.2. The Morgan fingerprint density at radius 1 is 1.32 bits per heavy atom. The topological polar surface area (TPSA) is 66.8 Å². The van der Waals surface area contributed by atoms with Crippen molar-refractivity contribution < 1.29 is 13.2 Å². The van der Waals surface area contributed by atoms with Gasteiger partial charge in [-0.15, -0.1) is 0 Å². The molecule has 0 aliphatic carbocycles. The molecule has 25 heavy (non-hydrogen) atoms. The number of hydrogen-bond donors (Lipinski definition) is 0. The largest absolute Gasteiger partial charge is 0.342 e. The Bertz CT molecular complexity index is 787. The molecule has 7 heteroatoms. The van der Waals surface area contributed by atoms with Gasteiger partial charge in [0, 0.05) is 17.7 Å². The zero-order valence-electron chi connectivity index (χ0n) is 14.8. The molecular weight excluding hydrogens is 356 g/mol. The fourth-order valence-electron chi connectivity index (χ4n) is 3.09. The Kier molecular flexibility index (Phi) is 5.25. The third-order valence-electron chi connectivity index (χ3n) is 4.89. The number of amidine groups is 1. The van der Waals surface area contributed by atoms with Crippen molar-refractivity contribution in [3.05, 3.63) is 35.4 Å². The summed E-state index contributed by atoms with van der Waals surface area (Å²) in [6.07, 6.45) is 0.749. The summed E-state index contributed by atoms with van der Waals surface area (Å²) in [7, 11) is -3.01. The number of aliphatic imine (C=N–C) groups is 1. The maximum absolute atomic E-state index is 12.3. The molecule has 0 unspecified atom stereocenters. The number of rotatable bonds is 4. The summed E-state index contributed by atoms with van der Waals surface area (Å²) in [5.41, 5.74) is 2.28. The van der Waals surface area contributed by atoms with Crippen LogP contribution in [0.25, 0.3) is 0 Å². The molecule has 5 nitrogen and oxygen atoms in total. The highest BCUT2D eigenvalue weighted by Gasteiger charge is 2.48. The Hall–Kier alpha value is -1.34. The standard InChI is InChI=1S/C18H24N2O3S2/c1-4-13(3)17(21)19-18-20(9-14-7-5-12(2)6-8-14)15-10-25(22,23)11-16(15)24-18/h5-8,13,15-16H,4,9-11H2,1-3H3/t13-,15+,16+/m1/s1. The first kappa shape index (κ1) is 18.5. The van der Waals surface area contributed by atoms with Crippen LogP contribution < -0.4 is 0 Å². The van der Waals surface area contributed by atoms with Crippen molar-refractivity contribution >= 4 is 32.7 Å². The number of nitrogens with zero attached hydrogens (tertiary/aromatic N) is 2. The lowest BCUT2D eigenvalue weighted by Crippen LogP contribution is -2.37. The molecule has 0 N–H and O–H groups in total. The van der Waals surface area contributed by atoms with Crippen molar-refractivity contribution in [2.75, 3.05) is 11.5 Å². The van der Waals surface area contributed by atoms with Crippen molar-refractivity contribution in [1.82, 2.24) is 4.90 Å². The average Bonchev–Trinajstić information content (AvgIpc) is 3.01. The predicted octanol–water partition coefficient (Wildman–Crippen LogP) is 2.64. The van der Waals surface area contributed by atoms with Gasteiger partial charge in [-0.25, -0.2) is 8.42 Å². The third-order valence-corrected chi connectivity index (χ3v) is 8.14. The van der Waals surface area contributed by atoms with Crippen LogP contribution in [0.3, 0.4) is 0 Å². The number of aryl methyl sites for hydroxylation is 1. The SMILES string of the molecule is CC[C@@H](C)C(=O)N=C1S[C@H]2CS(=O)(=O)C[C@@H]2N1Cc1ccc(C)cc1. The summed E-state index contributed by atoms with van der Waals surface area (Å²) < 4.78 is 24.0. The monoisotopic (exact) mass is 380 g/mol. The van der Waals surface area contributed by atoms with Gasteiger partial charge < -0.3 is 4.90 Å². The lowest BCUT2D eigenvalue weighted by Gasteiger charge is -2.24. The Morgan fingerprint density at radius 2 is 2.00 bits per heavy atom. The van der Waals surface area contributed by atoms with E-state index in [2.05, 4.69) is 4.99 Å². The molecule has 2 aliphatic heterocycles. The van der Waals surface area contributed by atoms with Gasteiger partial charge in [0.05, 0.1) is 17.5 Å². The summed E-state index contributed by atoms with van der Waals surface area (Å²) >= 11 is 1.45. The van der Waals surface area contributed by atoms with E-state index in [-0.39, 0.29) is 34.6 Å². The van der Waals surface area contributed by atoms with E-state index >= 15 is 0 Å². The van der Waals surface area contributed by atoms with Crippen molar-refractivity contribution in [3.8, 4) is 0 Å². The first-order chi connectivity index (χ1) is 11.8. The number of sulfone groups is 1. The van der Waals surface area contributed by atoms with E-state index in [1.54, 1.807) is 0 Å². The molecule has 2 saturated heterocycles. The normalized spacial score (nSPS) is 27.5. The van der Waals surface area contributed by atoms with Gasteiger partial charge in [-0.1, -0.05) is 55.4 Å². The molecule has 1 amide bonds. The quantitative estimate of drug-likeness (QED) is 0.803. The zero-order chi connectivity index (χ0) is 18.2. The summed E-state index contributed by atoms with van der Waals surface area (Å²) in [4.78, 5) is 18.6. The Balaban J connectivity index is 1.88. The van der Waals surface area contributed by atoms with Crippen LogP contribution in [0, 0.1) is 12.8 Å². The molecule has 0 saturated carbocycles. The first-order valence-electron chi connectivity index (χ1n) is 8.61. The van der Waals surface area contributed by atoms with Gasteiger partial charge in [0.25, 0.3) is 5.91 Å². The highest BCUT2D eigenvalue weighted by molar-refractivity contribution is 8.15. The van der Waals surface area contributed by atoms with Crippen LogP contribution in [-0.2, 0) is 21.2 Å². The maximum Gasteiger partial charge on any atom is 0.250 e. The van der Waals surface area contributed by atoms with Crippen molar-refractivity contribution in [2.45, 2.75) is 45.0 Å². The van der Waals surface area contributed by atoms with Crippen LogP contribution >= 0.6 is 11.8 Å². The van der Waals surface area contributed by atoms with E-state index in [1.165, 1.54) is 17.3 Å². The number of benzene rings is 1. The van der Waals surface area contributed by atoms with Gasteiger partial charge >= 0.3 is 0 Å². The molecule has 2 aliphatic rings. The number of amides is 1. The molecule has 3 atom stereocenters. The molecule has 0 bridgehead atoms. The van der Waals surface area contributed by atoms with E-state index < -0.39 is 9.84 Å². The van der Waals surface area contributed by atoms with E-state index in [4.69, 9.17) is 0 Å². The highest BCUT2D eigenvalue weighted by Crippen LogP contribution is 2.39. The lowest BCUT2D eigenvalue weighted by molar-refractivity contribution is -0.121. The second-order valence-electron chi connectivity index (χ2n) is 6.96. The molecule has 1 aromatic rings. The number of thioether (sulfide) groups is 1. The van der Waals surface area contributed by atoms with E-state index in [0.717, 1.165) is 12.0 Å². The lowest BCUT2D eigenvalue weighted by atomic mass is 10.1. The van der Waals surface area contributed by atoms with Gasteiger partial charge in [-0.05, 0) is 18.9 Å². The van der Waals surface area contributed by atoms with Gasteiger partial charge in [-0.2, -0.15) is 4.99 Å². The van der Waals surface area contributed by atoms with Gasteiger partial charge in [0.2, 0.25) is 0 Å². The molecular formula is C18H24N2O3S2. The minimum atomic E-state index is -3.01. The predicted molar refractivity (Wildman–Crippen MR) is 102 cm³/mol. The van der Waals surface area contributed by atoms with Crippen molar-refractivity contribution in [2.24, 2.45) is 10.9 Å². The van der Waals surface area contributed by atoms with Crippen LogP contribution in [0.1, 0.15) is 31.4 Å². The molecule has 136 valence electrons. The van der Waals surface area contributed by atoms with Crippen LogP contribution in [0.15, 0.2) is 29.3 Å². The van der Waals surface area contributed by atoms with E-state index in [9.17, 15) is 13.2 Å². The summed E-state index contributed by atoms with van der Waals surface area (Å²) in [5.74, 6) is 0.0799. The number of carbonyl (C=O) groups excluding carboxylic acids is 1. The molecule has 2 heterocycles. The van der Waals surface area contributed by atoms with Crippen molar-refractivity contribution in [3.63, 3.8) is 0 Å². The van der Waals surface area contributed by atoms with Crippen LogP contribution in [0.2, 0.25) is 0 Å². The first-order valence-corrected chi connectivity index (χ1v) is 11.3. The summed E-state index contributed by atoms with van der Waals surface area (Å²) in [6.45, 7) is 6.46. The summed E-state index contributed by atoms with van der Waals surface area (Å²) in [6, 6.07) is 8.08. The van der Waals surface area contributed by atoms with Gasteiger partial charge in [0.15, 0.2) is 15.0 Å². The fraction of sp³-hybridized carbons (Fsp3) is 0.556. The smallest absolute Gasteiger partial charge is 0.250 e. The van der Waals surface area contributed by atoms with E-state index in [0.29, 0.717) is 11.7 Å². The average molecular weight is 381 g/mol. The Morgan fingerprint density at radius 3 is 2.64 bits per heavy atom. The fourth-order valence-corrected chi connectivity index (χ4v) is 7.05. The second kappa shape index (κ2) is 7.11. The molecule has 0 radical (unpaired) electrons. The molecule has 3 rings (SSSR count). The third kappa shape index (κ3) is 4.08. The van der Waals surface area contributed by atoms with E-state index in [1.807, 2.05) is 49.9 Å². The molecule has 0 aromatic heterocycles. The molecule has 1 aromatic carbocycles. The number of hydrogen-bond acceptors (Lipinski definition) is 4.